The summed E-state index contributed by atoms with van der Waals surface area (Å²) in [5.74, 6) is 2.39. The number of amides is 1. The van der Waals surface area contributed by atoms with Gasteiger partial charge in [0.15, 0.2) is 11.5 Å². The molecule has 35 heavy (non-hydrogen) atoms. The summed E-state index contributed by atoms with van der Waals surface area (Å²) >= 11 is 0. The number of carbonyl (C=O) groups excluding carboxylic acids is 1. The molecule has 0 radical (unpaired) electrons. The van der Waals surface area contributed by atoms with Crippen molar-refractivity contribution in [2.24, 2.45) is 0 Å². The third-order valence-corrected chi connectivity index (χ3v) is 5.66. The lowest BCUT2D eigenvalue weighted by molar-refractivity contribution is 0.0771. The summed E-state index contributed by atoms with van der Waals surface area (Å²) in [6.45, 7) is 3.05. The van der Waals surface area contributed by atoms with Crippen molar-refractivity contribution in [1.29, 1.82) is 0 Å². The Kier molecular flexibility index (Phi) is 9.18. The molecule has 0 aliphatic rings. The molecule has 1 amide bonds. The predicted molar refractivity (Wildman–Crippen MR) is 139 cm³/mol. The highest BCUT2D eigenvalue weighted by molar-refractivity contribution is 5.95. The molecule has 0 spiro atoms. The Balaban J connectivity index is 1.88. The smallest absolute Gasteiger partial charge is 0.254 e. The lowest BCUT2D eigenvalue weighted by Gasteiger charge is -2.24. The highest BCUT2D eigenvalue weighted by atomic mass is 16.5. The van der Waals surface area contributed by atoms with Gasteiger partial charge in [-0.3, -0.25) is 4.79 Å². The fourth-order valence-corrected chi connectivity index (χ4v) is 3.85. The third-order valence-electron chi connectivity index (χ3n) is 5.66. The maximum absolute atomic E-state index is 13.7. The van der Waals surface area contributed by atoms with Crippen LogP contribution in [0.25, 0.3) is 6.08 Å². The van der Waals surface area contributed by atoms with Gasteiger partial charge < -0.3 is 23.8 Å². The molecular weight excluding hydrogens is 442 g/mol. The number of nitrogens with zero attached hydrogens (tertiary/aromatic N) is 1. The Morgan fingerprint density at radius 2 is 1.46 bits per heavy atom. The van der Waals surface area contributed by atoms with Crippen LogP contribution in [0.5, 0.6) is 23.0 Å². The maximum atomic E-state index is 13.7. The molecule has 6 heteroatoms. The molecule has 3 rings (SSSR count). The first-order valence-electron chi connectivity index (χ1n) is 11.4. The summed E-state index contributed by atoms with van der Waals surface area (Å²) in [5, 5.41) is 0. The maximum Gasteiger partial charge on any atom is 0.254 e. The first-order chi connectivity index (χ1) is 17.0. The number of methoxy groups -OCH3 is 4. The number of hydrogen-bond acceptors (Lipinski definition) is 5. The van der Waals surface area contributed by atoms with Crippen LogP contribution in [0, 0.1) is 0 Å². The zero-order valence-electron chi connectivity index (χ0n) is 21.0. The molecule has 3 aromatic carbocycles. The van der Waals surface area contributed by atoms with Gasteiger partial charge in [-0.1, -0.05) is 48.0 Å². The van der Waals surface area contributed by atoms with Crippen LogP contribution in [-0.4, -0.2) is 52.3 Å². The minimum absolute atomic E-state index is 0.0940. The summed E-state index contributed by atoms with van der Waals surface area (Å²) in [6.07, 6.45) is 2.76. The lowest BCUT2D eigenvalue weighted by atomic mass is 10.1. The minimum atomic E-state index is -0.0940. The molecule has 0 unspecified atom stereocenters. The Hall–Kier alpha value is -3.93. The molecule has 184 valence electrons. The minimum Gasteiger partial charge on any atom is -0.497 e. The van der Waals surface area contributed by atoms with Crippen LogP contribution in [0.2, 0.25) is 0 Å². The molecule has 6 nitrogen and oxygen atoms in total. The number of hydrogen-bond donors (Lipinski definition) is 0. The van der Waals surface area contributed by atoms with Gasteiger partial charge in [-0.2, -0.15) is 0 Å². The van der Waals surface area contributed by atoms with Crippen molar-refractivity contribution in [2.75, 3.05) is 41.5 Å². The normalized spacial score (nSPS) is 11.1. The molecule has 3 aromatic rings. The second-order valence-corrected chi connectivity index (χ2v) is 8.17. The zero-order chi connectivity index (χ0) is 25.2. The first-order valence-corrected chi connectivity index (χ1v) is 11.4. The molecule has 0 saturated carbocycles. The number of carbonyl (C=O) groups is 1. The van der Waals surface area contributed by atoms with Crippen molar-refractivity contribution in [2.45, 2.75) is 13.3 Å². The van der Waals surface area contributed by atoms with Crippen LogP contribution in [0.1, 0.15) is 28.4 Å². The van der Waals surface area contributed by atoms with E-state index in [1.165, 1.54) is 0 Å². The van der Waals surface area contributed by atoms with Crippen LogP contribution in [0.15, 0.2) is 72.3 Å². The average Bonchev–Trinajstić information content (AvgIpc) is 2.90. The molecule has 0 saturated heterocycles. The van der Waals surface area contributed by atoms with Gasteiger partial charge in [0.2, 0.25) is 0 Å². The summed E-state index contributed by atoms with van der Waals surface area (Å²) in [6, 6.07) is 21.1. The van der Waals surface area contributed by atoms with E-state index in [1.807, 2.05) is 60.4 Å². The zero-order valence-corrected chi connectivity index (χ0v) is 21.0. The van der Waals surface area contributed by atoms with Crippen LogP contribution < -0.4 is 18.9 Å². The highest BCUT2D eigenvalue weighted by Crippen LogP contribution is 2.28. The lowest BCUT2D eigenvalue weighted by Crippen LogP contribution is -2.34. The number of ether oxygens (including phenoxy) is 4. The van der Waals surface area contributed by atoms with Crippen molar-refractivity contribution >= 4 is 12.0 Å². The molecule has 0 fully saturated rings. The standard InChI is InChI=1S/C29H33NO5/c1-21(15-22-9-7-6-8-10-22)20-30(14-13-23-11-12-27(34-4)28(16-23)35-5)29(31)24-17-25(32-2)19-26(18-24)33-3/h6-12,15-19H,13-14,20H2,1-5H3/b21-15+. The quantitative estimate of drug-likeness (QED) is 0.366. The van der Waals surface area contributed by atoms with E-state index in [0.717, 1.165) is 16.7 Å². The van der Waals surface area contributed by atoms with E-state index in [2.05, 4.69) is 6.08 Å². The van der Waals surface area contributed by atoms with Crippen molar-refractivity contribution in [1.82, 2.24) is 4.90 Å². The van der Waals surface area contributed by atoms with Crippen LogP contribution in [-0.2, 0) is 6.42 Å². The van der Waals surface area contributed by atoms with E-state index in [1.54, 1.807) is 46.6 Å². The van der Waals surface area contributed by atoms with Crippen molar-refractivity contribution in [3.05, 3.63) is 89.0 Å². The van der Waals surface area contributed by atoms with E-state index >= 15 is 0 Å². The molecule has 0 N–H and O–H groups in total. The Bertz CT molecular complexity index is 1130. The van der Waals surface area contributed by atoms with Gasteiger partial charge >= 0.3 is 0 Å². The SMILES string of the molecule is COc1cc(OC)cc(C(=O)N(CCc2ccc(OC)c(OC)c2)C/C(C)=C/c2ccccc2)c1. The fourth-order valence-electron chi connectivity index (χ4n) is 3.85. The summed E-state index contributed by atoms with van der Waals surface area (Å²) in [4.78, 5) is 15.5. The molecular formula is C29H33NO5. The Labute approximate surface area is 207 Å². The molecule has 0 aliphatic carbocycles. The summed E-state index contributed by atoms with van der Waals surface area (Å²) < 4.78 is 21.5. The molecule has 0 atom stereocenters. The number of rotatable bonds is 11. The second kappa shape index (κ2) is 12.5. The van der Waals surface area contributed by atoms with Gasteiger partial charge in [-0.25, -0.2) is 0 Å². The predicted octanol–water partition coefficient (Wildman–Crippen LogP) is 5.51. The van der Waals surface area contributed by atoms with E-state index in [-0.39, 0.29) is 5.91 Å². The number of benzene rings is 3. The van der Waals surface area contributed by atoms with Crippen LogP contribution in [0.4, 0.5) is 0 Å². The Morgan fingerprint density at radius 1 is 0.800 bits per heavy atom. The Morgan fingerprint density at radius 3 is 2.06 bits per heavy atom. The molecule has 0 aromatic heterocycles. The topological polar surface area (TPSA) is 57.2 Å². The van der Waals surface area contributed by atoms with Crippen LogP contribution >= 0.6 is 0 Å². The van der Waals surface area contributed by atoms with Gasteiger partial charge in [0.05, 0.1) is 28.4 Å². The van der Waals surface area contributed by atoms with Gasteiger partial charge in [0.1, 0.15) is 11.5 Å². The van der Waals surface area contributed by atoms with Gasteiger partial charge in [0.25, 0.3) is 5.91 Å². The average molecular weight is 476 g/mol. The summed E-state index contributed by atoms with van der Waals surface area (Å²) in [5.41, 5.74) is 3.74. The highest BCUT2D eigenvalue weighted by Gasteiger charge is 2.19. The summed E-state index contributed by atoms with van der Waals surface area (Å²) in [7, 11) is 6.38. The van der Waals surface area contributed by atoms with E-state index in [4.69, 9.17) is 18.9 Å². The van der Waals surface area contributed by atoms with Crippen molar-refractivity contribution in [3.63, 3.8) is 0 Å². The van der Waals surface area contributed by atoms with Crippen molar-refractivity contribution < 1.29 is 23.7 Å². The van der Waals surface area contributed by atoms with Crippen molar-refractivity contribution in [3.8, 4) is 23.0 Å². The van der Waals surface area contributed by atoms with E-state index in [0.29, 0.717) is 48.1 Å². The molecule has 0 bridgehead atoms. The van der Waals surface area contributed by atoms with E-state index < -0.39 is 0 Å². The molecule has 0 aliphatic heterocycles. The monoisotopic (exact) mass is 475 g/mol. The van der Waals surface area contributed by atoms with E-state index in [9.17, 15) is 4.79 Å². The first kappa shape index (κ1) is 25.7. The second-order valence-electron chi connectivity index (χ2n) is 8.17. The largest absolute Gasteiger partial charge is 0.497 e. The molecule has 0 heterocycles. The third kappa shape index (κ3) is 7.03. The fraction of sp³-hybridized carbons (Fsp3) is 0.276. The van der Waals surface area contributed by atoms with Gasteiger partial charge in [-0.15, -0.1) is 0 Å². The van der Waals surface area contributed by atoms with Gasteiger partial charge in [-0.05, 0) is 48.7 Å². The van der Waals surface area contributed by atoms with Gasteiger partial charge in [0, 0.05) is 24.7 Å². The van der Waals surface area contributed by atoms with Crippen LogP contribution in [0.3, 0.4) is 0 Å².